The fraction of sp³-hybridized carbons (Fsp3) is 0.500. The second-order valence-electron chi connectivity index (χ2n) is 4.59. The number of rotatable bonds is 2. The molecule has 0 bridgehead atoms. The van der Waals surface area contributed by atoms with Gasteiger partial charge in [0.2, 0.25) is 0 Å². The zero-order valence-corrected chi connectivity index (χ0v) is 10.6. The van der Waals surface area contributed by atoms with E-state index in [1.54, 1.807) is 0 Å². The number of sulfone groups is 1. The van der Waals surface area contributed by atoms with Crippen LogP contribution in [0.15, 0.2) is 18.2 Å². The Labute approximate surface area is 101 Å². The largest absolute Gasteiger partial charge is 0.382 e. The summed E-state index contributed by atoms with van der Waals surface area (Å²) in [6, 6.07) is 4.90. The van der Waals surface area contributed by atoms with E-state index >= 15 is 0 Å². The van der Waals surface area contributed by atoms with Crippen LogP contribution in [0.2, 0.25) is 0 Å². The van der Waals surface area contributed by atoms with E-state index in [1.165, 1.54) is 12.1 Å². The highest BCUT2D eigenvalue weighted by molar-refractivity contribution is 7.91. The van der Waals surface area contributed by atoms with E-state index in [-0.39, 0.29) is 23.4 Å². The third-order valence-corrected chi connectivity index (χ3v) is 4.68. The first-order chi connectivity index (χ1) is 7.94. The number of benzene rings is 1. The van der Waals surface area contributed by atoms with E-state index in [0.717, 1.165) is 11.3 Å². The molecular formula is C12H16FNO2S. The molecule has 94 valence electrons. The average molecular weight is 257 g/mol. The SMILES string of the molecule is Cc1cc(F)cc(NC2CCS(=O)(=O)CC2)c1. The van der Waals surface area contributed by atoms with Gasteiger partial charge in [0.25, 0.3) is 0 Å². The van der Waals surface area contributed by atoms with Gasteiger partial charge in [0.15, 0.2) is 0 Å². The molecule has 1 aliphatic rings. The van der Waals surface area contributed by atoms with Gasteiger partial charge >= 0.3 is 0 Å². The Hall–Kier alpha value is -1.10. The molecular weight excluding hydrogens is 241 g/mol. The number of anilines is 1. The van der Waals surface area contributed by atoms with Crippen LogP contribution in [0.25, 0.3) is 0 Å². The molecule has 1 saturated heterocycles. The van der Waals surface area contributed by atoms with Gasteiger partial charge in [0, 0.05) is 11.7 Å². The molecule has 1 heterocycles. The summed E-state index contributed by atoms with van der Waals surface area (Å²) >= 11 is 0. The lowest BCUT2D eigenvalue weighted by Crippen LogP contribution is -2.32. The Kier molecular flexibility index (Phi) is 3.38. The van der Waals surface area contributed by atoms with Crippen LogP contribution < -0.4 is 5.32 Å². The van der Waals surface area contributed by atoms with Crippen LogP contribution in [-0.4, -0.2) is 26.0 Å². The van der Waals surface area contributed by atoms with Crippen molar-refractivity contribution < 1.29 is 12.8 Å². The Morgan fingerprint density at radius 1 is 1.24 bits per heavy atom. The molecule has 1 fully saturated rings. The summed E-state index contributed by atoms with van der Waals surface area (Å²) in [7, 11) is -2.84. The fourth-order valence-electron chi connectivity index (χ4n) is 2.09. The lowest BCUT2D eigenvalue weighted by atomic mass is 10.1. The Balaban J connectivity index is 2.02. The standard InChI is InChI=1S/C12H16FNO2S/c1-9-6-10(13)8-12(7-9)14-11-2-4-17(15,16)5-3-11/h6-8,11,14H,2-5H2,1H3. The van der Waals surface area contributed by atoms with E-state index in [1.807, 2.05) is 13.0 Å². The van der Waals surface area contributed by atoms with Crippen molar-refractivity contribution in [3.63, 3.8) is 0 Å². The molecule has 1 aromatic rings. The summed E-state index contributed by atoms with van der Waals surface area (Å²) in [5.74, 6) is 0.175. The van der Waals surface area contributed by atoms with Crippen molar-refractivity contribution in [2.75, 3.05) is 16.8 Å². The number of hydrogen-bond acceptors (Lipinski definition) is 3. The van der Waals surface area contributed by atoms with Crippen molar-refractivity contribution in [3.8, 4) is 0 Å². The third-order valence-electron chi connectivity index (χ3n) is 2.97. The van der Waals surface area contributed by atoms with Gasteiger partial charge in [-0.3, -0.25) is 0 Å². The lowest BCUT2D eigenvalue weighted by Gasteiger charge is -2.24. The van der Waals surface area contributed by atoms with Gasteiger partial charge < -0.3 is 5.32 Å². The summed E-state index contributed by atoms with van der Waals surface area (Å²) in [6.07, 6.45) is 1.19. The topological polar surface area (TPSA) is 46.2 Å². The van der Waals surface area contributed by atoms with Gasteiger partial charge in [0.1, 0.15) is 15.7 Å². The minimum Gasteiger partial charge on any atom is -0.382 e. The smallest absolute Gasteiger partial charge is 0.150 e. The predicted molar refractivity (Wildman–Crippen MR) is 66.4 cm³/mol. The number of hydrogen-bond donors (Lipinski definition) is 1. The third kappa shape index (κ3) is 3.43. The van der Waals surface area contributed by atoms with Gasteiger partial charge in [-0.05, 0) is 43.5 Å². The maximum atomic E-state index is 13.2. The molecule has 0 atom stereocenters. The molecule has 17 heavy (non-hydrogen) atoms. The Morgan fingerprint density at radius 3 is 2.47 bits per heavy atom. The predicted octanol–water partition coefficient (Wildman–Crippen LogP) is 2.12. The van der Waals surface area contributed by atoms with Crippen molar-refractivity contribution in [1.82, 2.24) is 0 Å². The van der Waals surface area contributed by atoms with Crippen LogP contribution in [0.1, 0.15) is 18.4 Å². The summed E-state index contributed by atoms with van der Waals surface area (Å²) < 4.78 is 35.7. The van der Waals surface area contributed by atoms with E-state index in [0.29, 0.717) is 12.8 Å². The van der Waals surface area contributed by atoms with Crippen LogP contribution in [0.4, 0.5) is 10.1 Å². The van der Waals surface area contributed by atoms with Crippen molar-refractivity contribution in [2.45, 2.75) is 25.8 Å². The molecule has 0 unspecified atom stereocenters. The fourth-order valence-corrected chi connectivity index (χ4v) is 3.58. The normalized spacial score (nSPS) is 20.1. The number of aryl methyl sites for hydroxylation is 1. The molecule has 0 aromatic heterocycles. The van der Waals surface area contributed by atoms with E-state index in [4.69, 9.17) is 0 Å². The van der Waals surface area contributed by atoms with Crippen LogP contribution in [0.5, 0.6) is 0 Å². The van der Waals surface area contributed by atoms with Crippen LogP contribution in [-0.2, 0) is 9.84 Å². The van der Waals surface area contributed by atoms with Crippen LogP contribution in [0, 0.1) is 12.7 Å². The maximum absolute atomic E-state index is 13.2. The summed E-state index contributed by atoms with van der Waals surface area (Å²) in [5.41, 5.74) is 1.59. The van der Waals surface area contributed by atoms with E-state index in [2.05, 4.69) is 5.32 Å². The Morgan fingerprint density at radius 2 is 1.88 bits per heavy atom. The van der Waals surface area contributed by atoms with Crippen molar-refractivity contribution in [3.05, 3.63) is 29.6 Å². The van der Waals surface area contributed by atoms with Gasteiger partial charge in [0.05, 0.1) is 11.5 Å². The van der Waals surface area contributed by atoms with Crippen molar-refractivity contribution >= 4 is 15.5 Å². The second-order valence-corrected chi connectivity index (χ2v) is 6.89. The molecule has 2 rings (SSSR count). The summed E-state index contributed by atoms with van der Waals surface area (Å²) in [5, 5.41) is 3.20. The molecule has 5 heteroatoms. The minimum absolute atomic E-state index is 0.125. The first-order valence-corrected chi connectivity index (χ1v) is 7.51. The first kappa shape index (κ1) is 12.4. The van der Waals surface area contributed by atoms with Crippen molar-refractivity contribution in [1.29, 1.82) is 0 Å². The molecule has 0 radical (unpaired) electrons. The molecule has 0 amide bonds. The van der Waals surface area contributed by atoms with Gasteiger partial charge in [-0.15, -0.1) is 0 Å². The number of nitrogens with one attached hydrogen (secondary N) is 1. The quantitative estimate of drug-likeness (QED) is 0.882. The highest BCUT2D eigenvalue weighted by atomic mass is 32.2. The average Bonchev–Trinajstić information content (AvgIpc) is 2.20. The molecule has 1 N–H and O–H groups in total. The lowest BCUT2D eigenvalue weighted by molar-refractivity contribution is 0.559. The molecule has 3 nitrogen and oxygen atoms in total. The van der Waals surface area contributed by atoms with Gasteiger partial charge in [-0.25, -0.2) is 12.8 Å². The highest BCUT2D eigenvalue weighted by Crippen LogP contribution is 2.19. The first-order valence-electron chi connectivity index (χ1n) is 5.69. The van der Waals surface area contributed by atoms with Gasteiger partial charge in [-0.1, -0.05) is 0 Å². The maximum Gasteiger partial charge on any atom is 0.150 e. The Bertz CT molecular complexity index is 479. The number of halogens is 1. The summed E-state index contributed by atoms with van der Waals surface area (Å²) in [4.78, 5) is 0. The van der Waals surface area contributed by atoms with E-state index < -0.39 is 9.84 Å². The minimum atomic E-state index is -2.84. The second kappa shape index (κ2) is 4.64. The molecule has 1 aromatic carbocycles. The molecule has 0 saturated carbocycles. The zero-order valence-electron chi connectivity index (χ0n) is 9.74. The highest BCUT2D eigenvalue weighted by Gasteiger charge is 2.23. The van der Waals surface area contributed by atoms with Crippen LogP contribution >= 0.6 is 0 Å². The molecule has 0 aliphatic carbocycles. The van der Waals surface area contributed by atoms with E-state index in [9.17, 15) is 12.8 Å². The zero-order chi connectivity index (χ0) is 12.5. The van der Waals surface area contributed by atoms with Crippen LogP contribution in [0.3, 0.4) is 0 Å². The molecule has 1 aliphatic heterocycles. The monoisotopic (exact) mass is 257 g/mol. The van der Waals surface area contributed by atoms with Crippen molar-refractivity contribution in [2.24, 2.45) is 0 Å². The molecule has 0 spiro atoms. The van der Waals surface area contributed by atoms with Gasteiger partial charge in [-0.2, -0.15) is 0 Å². The summed E-state index contributed by atoms with van der Waals surface area (Å²) in [6.45, 7) is 1.83.